The van der Waals surface area contributed by atoms with Crippen molar-refractivity contribution in [2.24, 2.45) is 5.92 Å². The van der Waals surface area contributed by atoms with Crippen LogP contribution in [-0.2, 0) is 14.3 Å². The van der Waals surface area contributed by atoms with Gasteiger partial charge in [-0.05, 0) is 19.3 Å². The highest BCUT2D eigenvalue weighted by atomic mass is 16.5. The average Bonchev–Trinajstić information content (AvgIpc) is 2.58. The van der Waals surface area contributed by atoms with E-state index in [-0.39, 0.29) is 11.9 Å². The van der Waals surface area contributed by atoms with Gasteiger partial charge in [0, 0.05) is 6.04 Å². The second-order valence-electron chi connectivity index (χ2n) is 4.68. The zero-order valence-electron chi connectivity index (χ0n) is 10.8. The van der Waals surface area contributed by atoms with Crippen LogP contribution in [0.1, 0.15) is 51.9 Å². The zero-order chi connectivity index (χ0) is 12.7. The molecule has 98 valence electrons. The number of nitrogens with one attached hydrogen (secondary N) is 1. The van der Waals surface area contributed by atoms with Crippen molar-refractivity contribution >= 4 is 11.9 Å². The van der Waals surface area contributed by atoms with E-state index < -0.39 is 11.9 Å². The lowest BCUT2D eigenvalue weighted by Crippen LogP contribution is -2.41. The van der Waals surface area contributed by atoms with E-state index in [1.807, 2.05) is 6.92 Å². The molecule has 1 aliphatic carbocycles. The van der Waals surface area contributed by atoms with Crippen molar-refractivity contribution in [1.82, 2.24) is 5.32 Å². The van der Waals surface area contributed by atoms with E-state index in [0.717, 1.165) is 12.8 Å². The second kappa shape index (κ2) is 7.30. The van der Waals surface area contributed by atoms with Crippen LogP contribution in [0, 0.1) is 5.92 Å². The number of hydrogen-bond donors (Lipinski definition) is 1. The van der Waals surface area contributed by atoms with Gasteiger partial charge in [-0.15, -0.1) is 0 Å². The summed E-state index contributed by atoms with van der Waals surface area (Å²) in [5.41, 5.74) is 0. The highest BCUT2D eigenvalue weighted by Crippen LogP contribution is 2.18. The quantitative estimate of drug-likeness (QED) is 0.465. The van der Waals surface area contributed by atoms with Crippen LogP contribution in [0.15, 0.2) is 0 Å². The van der Waals surface area contributed by atoms with E-state index >= 15 is 0 Å². The molecule has 1 rings (SSSR count). The van der Waals surface area contributed by atoms with Gasteiger partial charge >= 0.3 is 5.97 Å². The van der Waals surface area contributed by atoms with Gasteiger partial charge in [-0.3, -0.25) is 9.59 Å². The van der Waals surface area contributed by atoms with Gasteiger partial charge in [0.2, 0.25) is 5.91 Å². The van der Waals surface area contributed by atoms with Gasteiger partial charge in [-0.25, -0.2) is 0 Å². The monoisotopic (exact) mass is 241 g/mol. The molecule has 1 unspecified atom stereocenters. The average molecular weight is 241 g/mol. The molecule has 17 heavy (non-hydrogen) atoms. The van der Waals surface area contributed by atoms with E-state index in [4.69, 9.17) is 0 Å². The van der Waals surface area contributed by atoms with Crippen molar-refractivity contribution in [1.29, 1.82) is 0 Å². The maximum absolute atomic E-state index is 11.9. The standard InChI is InChI=1S/C13H23NO3/c1-3-11(13(16)17-2)12(15)14-10-8-6-4-5-7-9-10/h10-11H,3-9H2,1-2H3,(H,14,15). The minimum Gasteiger partial charge on any atom is -0.468 e. The Balaban J connectivity index is 2.47. The summed E-state index contributed by atoms with van der Waals surface area (Å²) in [6.07, 6.45) is 7.39. The molecule has 0 saturated heterocycles. The maximum atomic E-state index is 11.9. The van der Waals surface area contributed by atoms with Gasteiger partial charge < -0.3 is 10.1 Å². The molecule has 0 bridgehead atoms. The SMILES string of the molecule is CCC(C(=O)NC1CCCCCC1)C(=O)OC. The number of amides is 1. The van der Waals surface area contributed by atoms with E-state index in [9.17, 15) is 9.59 Å². The molecule has 4 nitrogen and oxygen atoms in total. The Morgan fingerprint density at radius 1 is 1.24 bits per heavy atom. The summed E-state index contributed by atoms with van der Waals surface area (Å²) >= 11 is 0. The smallest absolute Gasteiger partial charge is 0.318 e. The zero-order valence-corrected chi connectivity index (χ0v) is 10.8. The molecule has 0 spiro atoms. The van der Waals surface area contributed by atoms with Gasteiger partial charge in [0.05, 0.1) is 7.11 Å². The van der Waals surface area contributed by atoms with Gasteiger partial charge in [0.25, 0.3) is 0 Å². The van der Waals surface area contributed by atoms with Crippen LogP contribution in [0.2, 0.25) is 0 Å². The molecule has 0 radical (unpaired) electrons. The molecule has 1 aliphatic rings. The van der Waals surface area contributed by atoms with Crippen LogP contribution in [-0.4, -0.2) is 25.0 Å². The van der Waals surface area contributed by atoms with Gasteiger partial charge in [-0.2, -0.15) is 0 Å². The Labute approximate surface area is 103 Å². The van der Waals surface area contributed by atoms with Crippen molar-refractivity contribution in [2.45, 2.75) is 57.9 Å². The van der Waals surface area contributed by atoms with Crippen molar-refractivity contribution < 1.29 is 14.3 Å². The first-order valence-electron chi connectivity index (χ1n) is 6.57. The van der Waals surface area contributed by atoms with Crippen molar-refractivity contribution in [2.75, 3.05) is 7.11 Å². The fourth-order valence-electron chi connectivity index (χ4n) is 2.33. The molecule has 1 amide bonds. The first-order valence-corrected chi connectivity index (χ1v) is 6.57. The summed E-state index contributed by atoms with van der Waals surface area (Å²) < 4.78 is 4.64. The van der Waals surface area contributed by atoms with Crippen LogP contribution in [0.5, 0.6) is 0 Å². The molecule has 0 heterocycles. The number of hydrogen-bond acceptors (Lipinski definition) is 3. The normalized spacial score (nSPS) is 19.2. The molecule has 1 atom stereocenters. The third-order valence-electron chi connectivity index (χ3n) is 3.41. The summed E-state index contributed by atoms with van der Waals surface area (Å²) in [5, 5.41) is 2.99. The third-order valence-corrected chi connectivity index (χ3v) is 3.41. The van der Waals surface area contributed by atoms with E-state index in [1.165, 1.54) is 32.8 Å². The highest BCUT2D eigenvalue weighted by Gasteiger charge is 2.27. The predicted octanol–water partition coefficient (Wildman–Crippen LogP) is 2.02. The summed E-state index contributed by atoms with van der Waals surface area (Å²) in [5.74, 6) is -1.26. The Kier molecular flexibility index (Phi) is 6.01. The number of rotatable bonds is 4. The second-order valence-corrected chi connectivity index (χ2v) is 4.68. The molecular formula is C13H23NO3. The molecule has 1 saturated carbocycles. The Morgan fingerprint density at radius 2 is 1.82 bits per heavy atom. The van der Waals surface area contributed by atoms with Crippen LogP contribution < -0.4 is 5.32 Å². The van der Waals surface area contributed by atoms with Crippen molar-refractivity contribution in [3.05, 3.63) is 0 Å². The number of esters is 1. The molecule has 1 fully saturated rings. The van der Waals surface area contributed by atoms with E-state index in [0.29, 0.717) is 6.42 Å². The van der Waals surface area contributed by atoms with Crippen LogP contribution in [0.4, 0.5) is 0 Å². The fourth-order valence-corrected chi connectivity index (χ4v) is 2.33. The lowest BCUT2D eigenvalue weighted by molar-refractivity contribution is -0.150. The summed E-state index contributed by atoms with van der Waals surface area (Å²) in [6.45, 7) is 1.83. The molecular weight excluding hydrogens is 218 g/mol. The topological polar surface area (TPSA) is 55.4 Å². The summed E-state index contributed by atoms with van der Waals surface area (Å²) in [7, 11) is 1.32. The number of carbonyl (C=O) groups is 2. The van der Waals surface area contributed by atoms with Crippen LogP contribution in [0.25, 0.3) is 0 Å². The first-order chi connectivity index (χ1) is 8.19. The minimum atomic E-state index is -0.650. The first kappa shape index (κ1) is 14.0. The number of carbonyl (C=O) groups excluding carboxylic acids is 2. The largest absolute Gasteiger partial charge is 0.468 e. The molecule has 0 aliphatic heterocycles. The molecule has 4 heteroatoms. The Morgan fingerprint density at radius 3 is 2.29 bits per heavy atom. The summed E-state index contributed by atoms with van der Waals surface area (Å²) in [6, 6.07) is 0.240. The molecule has 0 aromatic heterocycles. The lowest BCUT2D eigenvalue weighted by Gasteiger charge is -2.19. The summed E-state index contributed by atoms with van der Waals surface area (Å²) in [4.78, 5) is 23.4. The minimum absolute atomic E-state index is 0.175. The molecule has 0 aromatic rings. The molecule has 0 aromatic carbocycles. The number of ether oxygens (including phenoxy) is 1. The Hall–Kier alpha value is -1.06. The fraction of sp³-hybridized carbons (Fsp3) is 0.846. The van der Waals surface area contributed by atoms with Crippen molar-refractivity contribution in [3.8, 4) is 0 Å². The van der Waals surface area contributed by atoms with Crippen LogP contribution >= 0.6 is 0 Å². The van der Waals surface area contributed by atoms with E-state index in [1.54, 1.807) is 0 Å². The highest BCUT2D eigenvalue weighted by molar-refractivity contribution is 5.97. The molecule has 1 N–H and O–H groups in total. The number of methoxy groups -OCH3 is 1. The van der Waals surface area contributed by atoms with Crippen LogP contribution in [0.3, 0.4) is 0 Å². The third kappa shape index (κ3) is 4.36. The van der Waals surface area contributed by atoms with E-state index in [2.05, 4.69) is 10.1 Å². The predicted molar refractivity (Wildman–Crippen MR) is 65.4 cm³/mol. The Bertz CT molecular complexity index is 257. The van der Waals surface area contributed by atoms with Crippen molar-refractivity contribution in [3.63, 3.8) is 0 Å². The van der Waals surface area contributed by atoms with Gasteiger partial charge in [0.15, 0.2) is 0 Å². The lowest BCUT2D eigenvalue weighted by atomic mass is 10.0. The van der Waals surface area contributed by atoms with Gasteiger partial charge in [0.1, 0.15) is 5.92 Å². The van der Waals surface area contributed by atoms with Gasteiger partial charge in [-0.1, -0.05) is 32.6 Å². The maximum Gasteiger partial charge on any atom is 0.318 e.